The molecule has 1 N–H and O–H groups in total. The third kappa shape index (κ3) is 2.23. The van der Waals surface area contributed by atoms with Crippen LogP contribution in [0.3, 0.4) is 0 Å². The third-order valence-electron chi connectivity index (χ3n) is 3.52. The molecule has 0 fully saturated rings. The van der Waals surface area contributed by atoms with Gasteiger partial charge in [-0.2, -0.15) is 0 Å². The number of phenols is 1. The Bertz CT molecular complexity index is 1000. The molecule has 0 bridgehead atoms. The van der Waals surface area contributed by atoms with Crippen LogP contribution < -0.4 is 0 Å². The van der Waals surface area contributed by atoms with Crippen LogP contribution in [0, 0.1) is 0 Å². The number of aliphatic imine (C=N–C) groups is 1. The molecule has 4 heteroatoms. The number of thiazole rings is 1. The Hall–Kier alpha value is -2.72. The molecule has 0 amide bonds. The zero-order valence-corrected chi connectivity index (χ0v) is 12.4. The Balaban J connectivity index is 1.80. The molecule has 0 aliphatic carbocycles. The Kier molecular flexibility index (Phi) is 3.09. The predicted octanol–water partition coefficient (Wildman–Crippen LogP) is 4.91. The van der Waals surface area contributed by atoms with Gasteiger partial charge in [0, 0.05) is 17.2 Å². The maximum Gasteiger partial charge on any atom is 0.210 e. The largest absolute Gasteiger partial charge is 0.507 e. The maximum absolute atomic E-state index is 9.76. The molecule has 3 aromatic carbocycles. The van der Waals surface area contributed by atoms with Crippen LogP contribution in [0.5, 0.6) is 5.75 Å². The number of aromatic hydroxyl groups is 1. The van der Waals surface area contributed by atoms with E-state index in [1.165, 1.54) is 5.39 Å². The lowest BCUT2D eigenvalue weighted by Crippen LogP contribution is -1.80. The first kappa shape index (κ1) is 13.0. The molecule has 0 saturated heterocycles. The van der Waals surface area contributed by atoms with Crippen LogP contribution >= 0.6 is 11.3 Å². The molecular weight excluding hydrogens is 292 g/mol. The van der Waals surface area contributed by atoms with E-state index in [4.69, 9.17) is 0 Å². The van der Waals surface area contributed by atoms with Crippen LogP contribution in [-0.2, 0) is 0 Å². The van der Waals surface area contributed by atoms with E-state index in [-0.39, 0.29) is 5.75 Å². The van der Waals surface area contributed by atoms with E-state index in [1.54, 1.807) is 29.7 Å². The lowest BCUT2D eigenvalue weighted by molar-refractivity contribution is 0.474. The fourth-order valence-corrected chi connectivity index (χ4v) is 3.25. The summed E-state index contributed by atoms with van der Waals surface area (Å²) in [5.41, 5.74) is 1.67. The monoisotopic (exact) mass is 304 g/mol. The number of para-hydroxylation sites is 1. The van der Waals surface area contributed by atoms with E-state index in [9.17, 15) is 5.11 Å². The van der Waals surface area contributed by atoms with Crippen molar-refractivity contribution in [3.8, 4) is 5.75 Å². The second-order valence-electron chi connectivity index (χ2n) is 4.95. The topological polar surface area (TPSA) is 45.5 Å². The molecule has 0 aliphatic heterocycles. The van der Waals surface area contributed by atoms with Gasteiger partial charge in [-0.25, -0.2) is 9.98 Å². The number of phenolic OH excluding ortho intramolecular Hbond substituents is 1. The van der Waals surface area contributed by atoms with Crippen molar-refractivity contribution in [2.24, 2.45) is 4.99 Å². The quantitative estimate of drug-likeness (QED) is 0.535. The average molecular weight is 304 g/mol. The van der Waals surface area contributed by atoms with E-state index in [0.29, 0.717) is 10.7 Å². The molecule has 0 spiro atoms. The summed E-state index contributed by atoms with van der Waals surface area (Å²) in [7, 11) is 0. The van der Waals surface area contributed by atoms with Gasteiger partial charge >= 0.3 is 0 Å². The molecule has 4 aromatic rings. The second-order valence-corrected chi connectivity index (χ2v) is 5.96. The Morgan fingerprint density at radius 1 is 0.955 bits per heavy atom. The van der Waals surface area contributed by atoms with Crippen LogP contribution in [0.4, 0.5) is 5.13 Å². The molecule has 0 atom stereocenters. The van der Waals surface area contributed by atoms with Gasteiger partial charge in [0.1, 0.15) is 5.75 Å². The summed E-state index contributed by atoms with van der Waals surface area (Å²) in [6.07, 6.45) is 1.65. The first-order chi connectivity index (χ1) is 10.8. The Morgan fingerprint density at radius 3 is 2.68 bits per heavy atom. The highest BCUT2D eigenvalue weighted by Gasteiger charge is 2.06. The Labute approximate surface area is 131 Å². The van der Waals surface area contributed by atoms with Crippen LogP contribution in [0.2, 0.25) is 0 Å². The van der Waals surface area contributed by atoms with Crippen molar-refractivity contribution < 1.29 is 5.11 Å². The van der Waals surface area contributed by atoms with Crippen LogP contribution in [0.1, 0.15) is 5.56 Å². The minimum Gasteiger partial charge on any atom is -0.507 e. The summed E-state index contributed by atoms with van der Waals surface area (Å²) in [5, 5.41) is 12.8. The molecule has 3 nitrogen and oxygen atoms in total. The zero-order valence-electron chi connectivity index (χ0n) is 11.6. The normalized spacial score (nSPS) is 11.6. The average Bonchev–Trinajstić information content (AvgIpc) is 2.98. The number of fused-ring (bicyclic) bond motifs is 3. The lowest BCUT2D eigenvalue weighted by atomic mass is 10.1. The van der Waals surface area contributed by atoms with Gasteiger partial charge in [-0.05, 0) is 23.6 Å². The van der Waals surface area contributed by atoms with Gasteiger partial charge < -0.3 is 5.11 Å². The van der Waals surface area contributed by atoms with Crippen LogP contribution in [0.25, 0.3) is 21.0 Å². The van der Waals surface area contributed by atoms with Crippen molar-refractivity contribution in [2.75, 3.05) is 0 Å². The molecule has 0 aliphatic rings. The van der Waals surface area contributed by atoms with Gasteiger partial charge in [0.2, 0.25) is 5.13 Å². The van der Waals surface area contributed by atoms with Gasteiger partial charge in [-0.3, -0.25) is 0 Å². The standard InChI is InChI=1S/C18H12N2OS/c21-15-8-4-2-6-13(15)11-19-18-20-17-14-7-3-1-5-12(14)9-10-16(17)22-18/h1-11,21H. The smallest absolute Gasteiger partial charge is 0.210 e. The molecule has 0 saturated carbocycles. The van der Waals surface area contributed by atoms with Crippen LogP contribution in [-0.4, -0.2) is 16.3 Å². The highest BCUT2D eigenvalue weighted by atomic mass is 32.1. The number of nitrogens with zero attached hydrogens (tertiary/aromatic N) is 2. The molecule has 1 heterocycles. The number of hydrogen-bond acceptors (Lipinski definition) is 4. The molecule has 1 aromatic heterocycles. The molecule has 106 valence electrons. The molecule has 0 radical (unpaired) electrons. The summed E-state index contributed by atoms with van der Waals surface area (Å²) in [5.74, 6) is 0.220. The van der Waals surface area contributed by atoms with Gasteiger partial charge in [-0.15, -0.1) is 0 Å². The maximum atomic E-state index is 9.76. The number of hydrogen-bond donors (Lipinski definition) is 1. The van der Waals surface area contributed by atoms with E-state index < -0.39 is 0 Å². The van der Waals surface area contributed by atoms with E-state index in [0.717, 1.165) is 15.6 Å². The SMILES string of the molecule is Oc1ccccc1C=Nc1nc2c(ccc3ccccc32)s1. The van der Waals surface area contributed by atoms with E-state index >= 15 is 0 Å². The fourth-order valence-electron chi connectivity index (χ4n) is 2.43. The molecule has 22 heavy (non-hydrogen) atoms. The minimum absolute atomic E-state index is 0.220. The van der Waals surface area contributed by atoms with Crippen molar-refractivity contribution >= 4 is 43.7 Å². The summed E-state index contributed by atoms with van der Waals surface area (Å²) < 4.78 is 1.11. The van der Waals surface area contributed by atoms with Crippen molar-refractivity contribution in [1.82, 2.24) is 4.98 Å². The molecule has 0 unspecified atom stereocenters. The van der Waals surface area contributed by atoms with Gasteiger partial charge in [-0.1, -0.05) is 53.8 Å². The highest BCUT2D eigenvalue weighted by Crippen LogP contribution is 2.33. The van der Waals surface area contributed by atoms with Gasteiger partial charge in [0.15, 0.2) is 0 Å². The number of rotatable bonds is 2. The first-order valence-corrected chi connectivity index (χ1v) is 7.73. The fraction of sp³-hybridized carbons (Fsp3) is 0. The predicted molar refractivity (Wildman–Crippen MR) is 92.5 cm³/mol. The summed E-state index contributed by atoms with van der Waals surface area (Å²) in [4.78, 5) is 9.03. The van der Waals surface area contributed by atoms with Gasteiger partial charge in [0.05, 0.1) is 10.2 Å². The van der Waals surface area contributed by atoms with Crippen molar-refractivity contribution in [1.29, 1.82) is 0 Å². The number of benzene rings is 3. The highest BCUT2D eigenvalue weighted by molar-refractivity contribution is 7.22. The van der Waals surface area contributed by atoms with Crippen molar-refractivity contribution in [3.05, 3.63) is 66.2 Å². The van der Waals surface area contributed by atoms with Crippen LogP contribution in [0.15, 0.2) is 65.7 Å². The lowest BCUT2D eigenvalue weighted by Gasteiger charge is -1.96. The number of aromatic nitrogens is 1. The van der Waals surface area contributed by atoms with Crippen molar-refractivity contribution in [3.63, 3.8) is 0 Å². The van der Waals surface area contributed by atoms with E-state index in [1.807, 2.05) is 24.3 Å². The third-order valence-corrected chi connectivity index (χ3v) is 4.45. The molecular formula is C18H12N2OS. The van der Waals surface area contributed by atoms with E-state index in [2.05, 4.69) is 34.2 Å². The minimum atomic E-state index is 0.220. The second kappa shape index (κ2) is 5.24. The van der Waals surface area contributed by atoms with Gasteiger partial charge in [0.25, 0.3) is 0 Å². The van der Waals surface area contributed by atoms with Crippen molar-refractivity contribution in [2.45, 2.75) is 0 Å². The zero-order chi connectivity index (χ0) is 14.9. The summed E-state index contributed by atoms with van der Waals surface area (Å²) in [6, 6.07) is 19.5. The first-order valence-electron chi connectivity index (χ1n) is 6.91. The summed E-state index contributed by atoms with van der Waals surface area (Å²) >= 11 is 1.55. The summed E-state index contributed by atoms with van der Waals surface area (Å²) in [6.45, 7) is 0. The molecule has 4 rings (SSSR count). The Morgan fingerprint density at radius 2 is 1.77 bits per heavy atom.